The van der Waals surface area contributed by atoms with Gasteiger partial charge in [-0.2, -0.15) is 0 Å². The summed E-state index contributed by atoms with van der Waals surface area (Å²) in [5, 5.41) is 3.10. The van der Waals surface area contributed by atoms with Crippen LogP contribution in [0.25, 0.3) is 0 Å². The summed E-state index contributed by atoms with van der Waals surface area (Å²) in [6.45, 7) is 7.77. The molecule has 2 heterocycles. The SMILES string of the molecule is CCOc1ccc(C(=O)N2C[C@@H](C)N(C(=O)NCC(=O)N3CCN(C)CC3)Cc3ccccc32)c(Cl)c1. The van der Waals surface area contributed by atoms with E-state index in [-0.39, 0.29) is 37.0 Å². The van der Waals surface area contributed by atoms with Crippen molar-refractivity contribution in [3.8, 4) is 5.75 Å². The second-order valence-corrected chi connectivity index (χ2v) is 9.85. The lowest BCUT2D eigenvalue weighted by atomic mass is 10.1. The molecule has 0 aromatic heterocycles. The largest absolute Gasteiger partial charge is 0.494 e. The molecule has 2 aliphatic rings. The molecule has 0 spiro atoms. The summed E-state index contributed by atoms with van der Waals surface area (Å²) in [5.74, 6) is 0.258. The van der Waals surface area contributed by atoms with Crippen molar-refractivity contribution in [2.24, 2.45) is 0 Å². The number of halogens is 1. The molecular formula is C27H34ClN5O4. The molecule has 1 saturated heterocycles. The Kier molecular flexibility index (Phi) is 8.56. The number of benzene rings is 2. The molecule has 2 aliphatic heterocycles. The number of hydrogen-bond donors (Lipinski definition) is 1. The van der Waals surface area contributed by atoms with E-state index in [1.807, 2.05) is 45.2 Å². The molecule has 0 radical (unpaired) electrons. The lowest BCUT2D eigenvalue weighted by Crippen LogP contribution is -2.52. The highest BCUT2D eigenvalue weighted by molar-refractivity contribution is 6.34. The molecule has 9 nitrogen and oxygen atoms in total. The Hall–Kier alpha value is -3.30. The van der Waals surface area contributed by atoms with Crippen LogP contribution in [0, 0.1) is 0 Å². The molecule has 2 aromatic rings. The van der Waals surface area contributed by atoms with E-state index in [9.17, 15) is 14.4 Å². The Morgan fingerprint density at radius 1 is 1.08 bits per heavy atom. The van der Waals surface area contributed by atoms with E-state index in [0.29, 0.717) is 42.6 Å². The van der Waals surface area contributed by atoms with Crippen LogP contribution in [-0.4, -0.2) is 91.5 Å². The van der Waals surface area contributed by atoms with E-state index in [2.05, 4.69) is 10.2 Å². The molecule has 0 unspecified atom stereocenters. The monoisotopic (exact) mass is 527 g/mol. The number of anilines is 1. The number of nitrogens with zero attached hydrogens (tertiary/aromatic N) is 4. The lowest BCUT2D eigenvalue weighted by molar-refractivity contribution is -0.131. The minimum Gasteiger partial charge on any atom is -0.494 e. The van der Waals surface area contributed by atoms with E-state index in [1.54, 1.807) is 32.9 Å². The van der Waals surface area contributed by atoms with Crippen LogP contribution >= 0.6 is 11.6 Å². The zero-order valence-corrected chi connectivity index (χ0v) is 22.3. The van der Waals surface area contributed by atoms with Crippen LogP contribution in [0.5, 0.6) is 5.75 Å². The Bertz CT molecular complexity index is 1150. The predicted octanol–water partition coefficient (Wildman–Crippen LogP) is 3.07. The fourth-order valence-electron chi connectivity index (χ4n) is 4.66. The first kappa shape index (κ1) is 26.8. The number of carbonyl (C=O) groups excluding carboxylic acids is 3. The number of amides is 4. The molecule has 4 rings (SSSR count). The van der Waals surface area contributed by atoms with Crippen molar-refractivity contribution in [2.75, 3.05) is 57.8 Å². The summed E-state index contributed by atoms with van der Waals surface area (Å²) in [6.07, 6.45) is 0. The number of piperazine rings is 1. The maximum Gasteiger partial charge on any atom is 0.318 e. The molecule has 0 aliphatic carbocycles. The van der Waals surface area contributed by atoms with Gasteiger partial charge in [-0.15, -0.1) is 0 Å². The molecule has 0 bridgehead atoms. The minimum atomic E-state index is -0.335. The van der Waals surface area contributed by atoms with Gasteiger partial charge >= 0.3 is 6.03 Å². The van der Waals surface area contributed by atoms with Gasteiger partial charge in [-0.05, 0) is 50.7 Å². The normalized spacial score (nSPS) is 18.2. The van der Waals surface area contributed by atoms with Gasteiger partial charge in [0.15, 0.2) is 0 Å². The van der Waals surface area contributed by atoms with E-state index in [0.717, 1.165) is 24.3 Å². The Labute approximate surface area is 222 Å². The van der Waals surface area contributed by atoms with Gasteiger partial charge in [0.25, 0.3) is 5.91 Å². The molecule has 0 saturated carbocycles. The third-order valence-electron chi connectivity index (χ3n) is 6.84. The van der Waals surface area contributed by atoms with Crippen molar-refractivity contribution >= 4 is 35.1 Å². The number of ether oxygens (including phenoxy) is 1. The number of para-hydroxylation sites is 1. The summed E-state index contributed by atoms with van der Waals surface area (Å²) in [5.41, 5.74) is 1.93. The lowest BCUT2D eigenvalue weighted by Gasteiger charge is -2.33. The van der Waals surface area contributed by atoms with Gasteiger partial charge in [0.05, 0.1) is 23.7 Å². The summed E-state index contributed by atoms with van der Waals surface area (Å²) in [4.78, 5) is 46.8. The Morgan fingerprint density at radius 2 is 1.81 bits per heavy atom. The van der Waals surface area contributed by atoms with E-state index in [4.69, 9.17) is 16.3 Å². The van der Waals surface area contributed by atoms with Crippen molar-refractivity contribution in [3.05, 3.63) is 58.6 Å². The first-order valence-corrected chi connectivity index (χ1v) is 13.0. The number of nitrogens with one attached hydrogen (secondary N) is 1. The molecule has 4 amide bonds. The van der Waals surface area contributed by atoms with Gasteiger partial charge in [-0.25, -0.2) is 4.79 Å². The third-order valence-corrected chi connectivity index (χ3v) is 7.15. The number of hydrogen-bond acceptors (Lipinski definition) is 5. The van der Waals surface area contributed by atoms with Crippen molar-refractivity contribution in [1.82, 2.24) is 20.0 Å². The number of fused-ring (bicyclic) bond motifs is 1. The fourth-order valence-corrected chi connectivity index (χ4v) is 4.92. The van der Waals surface area contributed by atoms with Crippen molar-refractivity contribution < 1.29 is 19.1 Å². The highest BCUT2D eigenvalue weighted by Gasteiger charge is 2.32. The van der Waals surface area contributed by atoms with Crippen LogP contribution in [0.1, 0.15) is 29.8 Å². The average Bonchev–Trinajstić information content (AvgIpc) is 3.04. The first-order chi connectivity index (χ1) is 17.8. The standard InChI is InChI=1S/C27H34ClN5O4/c1-4-37-21-9-10-22(23(28)15-21)26(35)33-17-19(2)32(18-20-7-5-6-8-24(20)33)27(36)29-16-25(34)31-13-11-30(3)12-14-31/h5-10,15,19H,4,11-14,16-18H2,1-3H3,(H,29,36)/t19-/m1/s1. The van der Waals surface area contributed by atoms with Crippen LogP contribution in [0.2, 0.25) is 5.02 Å². The summed E-state index contributed by atoms with van der Waals surface area (Å²) in [6, 6.07) is 11.9. The van der Waals surface area contributed by atoms with Crippen LogP contribution in [0.3, 0.4) is 0 Å². The molecule has 1 N–H and O–H groups in total. The number of carbonyl (C=O) groups is 3. The molecule has 37 heavy (non-hydrogen) atoms. The molecule has 198 valence electrons. The maximum absolute atomic E-state index is 13.7. The van der Waals surface area contributed by atoms with Gasteiger partial charge in [0, 0.05) is 51.0 Å². The van der Waals surface area contributed by atoms with Gasteiger partial charge in [-0.3, -0.25) is 9.59 Å². The van der Waals surface area contributed by atoms with Crippen LogP contribution < -0.4 is 15.0 Å². The first-order valence-electron chi connectivity index (χ1n) is 12.6. The van der Waals surface area contributed by atoms with Gasteiger partial charge in [0.1, 0.15) is 5.75 Å². The predicted molar refractivity (Wildman–Crippen MR) is 143 cm³/mol. The highest BCUT2D eigenvalue weighted by atomic mass is 35.5. The van der Waals surface area contributed by atoms with Crippen molar-refractivity contribution in [3.63, 3.8) is 0 Å². The smallest absolute Gasteiger partial charge is 0.318 e. The van der Waals surface area contributed by atoms with Crippen molar-refractivity contribution in [2.45, 2.75) is 26.4 Å². The summed E-state index contributed by atoms with van der Waals surface area (Å²) >= 11 is 6.46. The highest BCUT2D eigenvalue weighted by Crippen LogP contribution is 2.31. The Balaban J connectivity index is 1.49. The summed E-state index contributed by atoms with van der Waals surface area (Å²) in [7, 11) is 2.03. The number of urea groups is 1. The van der Waals surface area contributed by atoms with Gasteiger partial charge in [0.2, 0.25) is 5.91 Å². The molecule has 1 fully saturated rings. The van der Waals surface area contributed by atoms with E-state index in [1.165, 1.54) is 0 Å². The second-order valence-electron chi connectivity index (χ2n) is 9.44. The average molecular weight is 528 g/mol. The number of likely N-dealkylation sites (N-methyl/N-ethyl adjacent to an activating group) is 1. The zero-order valence-electron chi connectivity index (χ0n) is 21.6. The van der Waals surface area contributed by atoms with E-state index >= 15 is 0 Å². The maximum atomic E-state index is 13.7. The van der Waals surface area contributed by atoms with Gasteiger partial charge in [-0.1, -0.05) is 29.8 Å². The fraction of sp³-hybridized carbons (Fsp3) is 0.444. The molecule has 10 heteroatoms. The molecular weight excluding hydrogens is 494 g/mol. The second kappa shape index (κ2) is 11.8. The molecule has 2 aromatic carbocycles. The zero-order chi connectivity index (χ0) is 26.5. The summed E-state index contributed by atoms with van der Waals surface area (Å²) < 4.78 is 5.49. The Morgan fingerprint density at radius 3 is 2.51 bits per heavy atom. The topological polar surface area (TPSA) is 85.4 Å². The van der Waals surface area contributed by atoms with E-state index < -0.39 is 0 Å². The quantitative estimate of drug-likeness (QED) is 0.646. The van der Waals surface area contributed by atoms with Crippen LogP contribution in [-0.2, 0) is 11.3 Å². The number of rotatable bonds is 5. The van der Waals surface area contributed by atoms with Crippen LogP contribution in [0.15, 0.2) is 42.5 Å². The minimum absolute atomic E-state index is 0.0577. The van der Waals surface area contributed by atoms with Gasteiger partial charge < -0.3 is 29.7 Å². The van der Waals surface area contributed by atoms with Crippen molar-refractivity contribution in [1.29, 1.82) is 0 Å². The van der Waals surface area contributed by atoms with Crippen LogP contribution in [0.4, 0.5) is 10.5 Å². The third kappa shape index (κ3) is 6.17. The molecule has 1 atom stereocenters.